The number of aromatic nitrogens is 1. The molecular formula is C27H34ClN3O3. The van der Waals surface area contributed by atoms with Crippen molar-refractivity contribution >= 4 is 34.1 Å². The van der Waals surface area contributed by atoms with Gasteiger partial charge in [-0.25, -0.2) is 4.98 Å². The van der Waals surface area contributed by atoms with E-state index in [9.17, 15) is 4.79 Å². The first-order valence-electron chi connectivity index (χ1n) is 12.8. The summed E-state index contributed by atoms with van der Waals surface area (Å²) >= 11 is 6.73. The zero-order valence-electron chi connectivity index (χ0n) is 19.9. The molecule has 182 valence electrons. The highest BCUT2D eigenvalue weighted by molar-refractivity contribution is 6.32. The predicted octanol–water partition coefficient (Wildman–Crippen LogP) is 5.00. The molecule has 6 rings (SSSR count). The van der Waals surface area contributed by atoms with E-state index >= 15 is 0 Å². The van der Waals surface area contributed by atoms with Crippen LogP contribution in [0.25, 0.3) is 10.8 Å². The Hall–Kier alpha value is -1.73. The number of ether oxygens (including phenoxy) is 2. The largest absolute Gasteiger partial charge is 0.381 e. The van der Waals surface area contributed by atoms with Gasteiger partial charge in [0.15, 0.2) is 0 Å². The highest BCUT2D eigenvalue weighted by atomic mass is 35.5. The van der Waals surface area contributed by atoms with Crippen LogP contribution in [-0.2, 0) is 14.3 Å². The molecule has 2 aliphatic heterocycles. The average molecular weight is 484 g/mol. The predicted molar refractivity (Wildman–Crippen MR) is 133 cm³/mol. The lowest BCUT2D eigenvalue weighted by Gasteiger charge is -2.46. The maximum Gasteiger partial charge on any atom is 0.229 e. The Labute approximate surface area is 206 Å². The number of rotatable bonds is 5. The van der Waals surface area contributed by atoms with E-state index in [2.05, 4.69) is 21.3 Å². The molecule has 2 aromatic rings. The summed E-state index contributed by atoms with van der Waals surface area (Å²) in [6.07, 6.45) is 9.93. The van der Waals surface area contributed by atoms with E-state index < -0.39 is 0 Å². The molecular weight excluding hydrogens is 450 g/mol. The van der Waals surface area contributed by atoms with Gasteiger partial charge in [-0.2, -0.15) is 0 Å². The number of amides is 1. The van der Waals surface area contributed by atoms with Crippen LogP contribution in [0.5, 0.6) is 0 Å². The van der Waals surface area contributed by atoms with Crippen molar-refractivity contribution in [2.24, 2.45) is 11.3 Å². The Morgan fingerprint density at radius 3 is 2.65 bits per heavy atom. The highest BCUT2D eigenvalue weighted by Crippen LogP contribution is 2.59. The van der Waals surface area contributed by atoms with Gasteiger partial charge in [-0.1, -0.05) is 11.6 Å². The maximum atomic E-state index is 12.9. The highest BCUT2D eigenvalue weighted by Gasteiger charge is 2.58. The molecule has 7 heteroatoms. The van der Waals surface area contributed by atoms with Crippen LogP contribution in [0.4, 0.5) is 5.82 Å². The number of anilines is 1. The molecule has 3 heterocycles. The Morgan fingerprint density at radius 1 is 1.15 bits per heavy atom. The van der Waals surface area contributed by atoms with E-state index in [1.165, 1.54) is 18.4 Å². The van der Waals surface area contributed by atoms with Crippen LogP contribution in [0.15, 0.2) is 24.4 Å². The van der Waals surface area contributed by atoms with Gasteiger partial charge in [-0.3, -0.25) is 9.69 Å². The minimum absolute atomic E-state index is 0.0930. The molecule has 4 aliphatic rings. The molecule has 6 nitrogen and oxygen atoms in total. The minimum Gasteiger partial charge on any atom is -0.381 e. The number of hydrogen-bond donors (Lipinski definition) is 1. The molecule has 1 amide bonds. The second-order valence-corrected chi connectivity index (χ2v) is 11.2. The number of benzene rings is 1. The van der Waals surface area contributed by atoms with Crippen LogP contribution >= 0.6 is 11.6 Å². The SMILES string of the molecule is COC1CN([C@H]2CC[C@@H](c3cc4cc(NC(=O)[C@H]5CC56CCOCC6)ncc4cc3Cl)CC2)C1. The van der Waals surface area contributed by atoms with Crippen molar-refractivity contribution in [3.8, 4) is 0 Å². The average Bonchev–Trinajstić information content (AvgIpc) is 3.52. The van der Waals surface area contributed by atoms with Gasteiger partial charge < -0.3 is 14.8 Å². The van der Waals surface area contributed by atoms with Crippen LogP contribution in [0.1, 0.15) is 56.4 Å². The molecule has 34 heavy (non-hydrogen) atoms. The monoisotopic (exact) mass is 483 g/mol. The first-order valence-corrected chi connectivity index (χ1v) is 13.2. The number of likely N-dealkylation sites (tertiary alicyclic amines) is 1. The zero-order valence-corrected chi connectivity index (χ0v) is 20.7. The van der Waals surface area contributed by atoms with E-state index in [4.69, 9.17) is 21.1 Å². The summed E-state index contributed by atoms with van der Waals surface area (Å²) in [5.41, 5.74) is 1.40. The van der Waals surface area contributed by atoms with E-state index in [0.717, 1.165) is 74.2 Å². The lowest BCUT2D eigenvalue weighted by atomic mass is 9.80. The van der Waals surface area contributed by atoms with Crippen molar-refractivity contribution in [3.05, 3.63) is 35.0 Å². The fraction of sp³-hybridized carbons (Fsp3) is 0.630. The molecule has 4 fully saturated rings. The lowest BCUT2D eigenvalue weighted by molar-refractivity contribution is -0.118. The van der Waals surface area contributed by atoms with Gasteiger partial charge >= 0.3 is 0 Å². The quantitative estimate of drug-likeness (QED) is 0.648. The number of pyridine rings is 1. The summed E-state index contributed by atoms with van der Waals surface area (Å²) in [4.78, 5) is 20.0. The lowest BCUT2D eigenvalue weighted by Crippen LogP contribution is -2.56. The number of carbonyl (C=O) groups is 1. The summed E-state index contributed by atoms with van der Waals surface area (Å²) in [5.74, 6) is 1.31. The summed E-state index contributed by atoms with van der Waals surface area (Å²) in [5, 5.41) is 6.02. The van der Waals surface area contributed by atoms with Crippen molar-refractivity contribution in [1.82, 2.24) is 9.88 Å². The van der Waals surface area contributed by atoms with Crippen LogP contribution < -0.4 is 5.32 Å². The summed E-state index contributed by atoms with van der Waals surface area (Å²) in [6, 6.07) is 6.94. The summed E-state index contributed by atoms with van der Waals surface area (Å²) in [7, 11) is 1.81. The molecule has 0 bridgehead atoms. The molecule has 1 spiro atoms. The first kappa shape index (κ1) is 22.7. The summed E-state index contributed by atoms with van der Waals surface area (Å²) < 4.78 is 10.9. The molecule has 2 saturated heterocycles. The normalized spacial score (nSPS) is 29.2. The number of nitrogens with zero attached hydrogens (tertiary/aromatic N) is 2. The Kier molecular flexibility index (Phi) is 6.05. The van der Waals surface area contributed by atoms with Gasteiger partial charge in [-0.15, -0.1) is 0 Å². The van der Waals surface area contributed by atoms with Crippen LogP contribution in [0.3, 0.4) is 0 Å². The molecule has 0 radical (unpaired) electrons. The molecule has 1 aromatic heterocycles. The number of methoxy groups -OCH3 is 1. The van der Waals surface area contributed by atoms with Gasteiger partial charge in [0.25, 0.3) is 0 Å². The van der Waals surface area contributed by atoms with E-state index in [-0.39, 0.29) is 17.2 Å². The van der Waals surface area contributed by atoms with Crippen molar-refractivity contribution < 1.29 is 14.3 Å². The van der Waals surface area contributed by atoms with E-state index in [1.807, 2.05) is 25.4 Å². The van der Waals surface area contributed by atoms with Crippen LogP contribution in [0.2, 0.25) is 5.02 Å². The fourth-order valence-electron chi connectivity index (χ4n) is 6.50. The van der Waals surface area contributed by atoms with Crippen LogP contribution in [-0.4, -0.2) is 61.3 Å². The Balaban J connectivity index is 1.12. The van der Waals surface area contributed by atoms with Gasteiger partial charge in [0.05, 0.1) is 6.10 Å². The van der Waals surface area contributed by atoms with Crippen molar-refractivity contribution in [3.63, 3.8) is 0 Å². The second kappa shape index (κ2) is 9.05. The standard InChI is InChI=1S/C27H34ClN3O3/c1-33-21-15-31(16-21)20-4-2-17(3-5-20)22-10-18-12-25(29-14-19(18)11-24(22)28)30-26(32)23-13-27(23)6-8-34-9-7-27/h10-12,14,17,20-21,23H,2-9,13,15-16H2,1H3,(H,29,30,32)/t17-,20+,23-/m1/s1. The first-order chi connectivity index (χ1) is 16.5. The Morgan fingerprint density at radius 2 is 1.91 bits per heavy atom. The van der Waals surface area contributed by atoms with E-state index in [1.54, 1.807) is 0 Å². The molecule has 0 unspecified atom stereocenters. The van der Waals surface area contributed by atoms with Gasteiger partial charge in [-0.05, 0) is 85.4 Å². The van der Waals surface area contributed by atoms with Crippen LogP contribution in [0, 0.1) is 11.3 Å². The van der Waals surface area contributed by atoms with Crippen molar-refractivity contribution in [2.75, 3.05) is 38.7 Å². The van der Waals surface area contributed by atoms with Gasteiger partial charge in [0.2, 0.25) is 5.91 Å². The topological polar surface area (TPSA) is 63.7 Å². The summed E-state index contributed by atoms with van der Waals surface area (Å²) in [6.45, 7) is 3.68. The third-order valence-electron chi connectivity index (χ3n) is 8.95. The molecule has 1 aromatic carbocycles. The molecule has 2 saturated carbocycles. The molecule has 1 N–H and O–H groups in total. The zero-order chi connectivity index (χ0) is 23.3. The number of fused-ring (bicyclic) bond motifs is 1. The Bertz CT molecular complexity index is 1070. The number of carbonyl (C=O) groups excluding carboxylic acids is 1. The van der Waals surface area contributed by atoms with Crippen molar-refractivity contribution in [1.29, 1.82) is 0 Å². The minimum atomic E-state index is 0.0930. The van der Waals surface area contributed by atoms with E-state index in [0.29, 0.717) is 23.9 Å². The molecule has 2 aliphatic carbocycles. The maximum absolute atomic E-state index is 12.9. The number of nitrogens with one attached hydrogen (secondary N) is 1. The fourth-order valence-corrected chi connectivity index (χ4v) is 6.82. The molecule has 1 atom stereocenters. The second-order valence-electron chi connectivity index (χ2n) is 10.8. The number of hydrogen-bond acceptors (Lipinski definition) is 5. The van der Waals surface area contributed by atoms with Gasteiger partial charge in [0, 0.05) is 62.0 Å². The third-order valence-corrected chi connectivity index (χ3v) is 9.27. The smallest absolute Gasteiger partial charge is 0.229 e. The third kappa shape index (κ3) is 4.23. The van der Waals surface area contributed by atoms with Crippen molar-refractivity contribution in [2.45, 2.75) is 63.0 Å². The number of halogens is 1. The van der Waals surface area contributed by atoms with Gasteiger partial charge in [0.1, 0.15) is 5.82 Å².